The summed E-state index contributed by atoms with van der Waals surface area (Å²) in [5.74, 6) is 0.231. The molecule has 0 radical (unpaired) electrons. The van der Waals surface area contributed by atoms with Gasteiger partial charge in [-0.1, -0.05) is 21.1 Å². The second-order valence-electron chi connectivity index (χ2n) is 3.29. The van der Waals surface area contributed by atoms with Gasteiger partial charge in [-0.05, 0) is 30.7 Å². The van der Waals surface area contributed by atoms with Gasteiger partial charge in [0.2, 0.25) is 0 Å². The number of amidine groups is 1. The van der Waals surface area contributed by atoms with Gasteiger partial charge in [0.05, 0.1) is 0 Å². The van der Waals surface area contributed by atoms with Crippen molar-refractivity contribution in [2.45, 2.75) is 13.3 Å². The van der Waals surface area contributed by atoms with Crippen molar-refractivity contribution in [2.75, 3.05) is 11.9 Å². The Morgan fingerprint density at radius 2 is 2.27 bits per heavy atom. The van der Waals surface area contributed by atoms with Gasteiger partial charge in [0.1, 0.15) is 5.84 Å². The Hall–Kier alpha value is -1.23. The molecule has 0 amide bonds. The first kappa shape index (κ1) is 11.8. The number of nitrogens with one attached hydrogen (secondary N) is 1. The molecule has 0 fully saturated rings. The number of benzene rings is 1. The first-order chi connectivity index (χ1) is 7.11. The van der Waals surface area contributed by atoms with Gasteiger partial charge >= 0.3 is 0 Å². The summed E-state index contributed by atoms with van der Waals surface area (Å²) < 4.78 is 1.04. The highest BCUT2D eigenvalue weighted by Crippen LogP contribution is 2.18. The SMILES string of the molecule is Cc1cc(Br)cc(NCC/C(N)=N/O)c1. The van der Waals surface area contributed by atoms with Crippen LogP contribution in [-0.2, 0) is 0 Å². The number of aryl methyl sites for hydroxylation is 1. The lowest BCUT2D eigenvalue weighted by Gasteiger charge is -2.07. The minimum atomic E-state index is 0.231. The predicted octanol–water partition coefficient (Wildman–Crippen LogP) is 2.31. The van der Waals surface area contributed by atoms with Crippen molar-refractivity contribution in [2.24, 2.45) is 10.9 Å². The molecule has 4 nitrogen and oxygen atoms in total. The smallest absolute Gasteiger partial charge is 0.140 e. The van der Waals surface area contributed by atoms with E-state index in [1.165, 1.54) is 5.56 Å². The van der Waals surface area contributed by atoms with Gasteiger partial charge in [-0.25, -0.2) is 0 Å². The number of anilines is 1. The third kappa shape index (κ3) is 4.20. The van der Waals surface area contributed by atoms with Crippen LogP contribution in [0, 0.1) is 6.92 Å². The molecule has 0 unspecified atom stereocenters. The second-order valence-corrected chi connectivity index (χ2v) is 4.20. The summed E-state index contributed by atoms with van der Waals surface area (Å²) in [7, 11) is 0. The Labute approximate surface area is 97.3 Å². The van der Waals surface area contributed by atoms with Gasteiger partial charge in [-0.3, -0.25) is 0 Å². The van der Waals surface area contributed by atoms with Crippen molar-refractivity contribution >= 4 is 27.5 Å². The van der Waals surface area contributed by atoms with Crippen LogP contribution >= 0.6 is 15.9 Å². The summed E-state index contributed by atoms with van der Waals surface area (Å²) in [6, 6.07) is 6.06. The van der Waals surface area contributed by atoms with Crippen LogP contribution in [0.5, 0.6) is 0 Å². The Kier molecular flexibility index (Phi) is 4.42. The number of oxime groups is 1. The number of hydrogen-bond donors (Lipinski definition) is 3. The summed E-state index contributed by atoms with van der Waals surface area (Å²) in [6.07, 6.45) is 0.516. The molecule has 1 rings (SSSR count). The molecule has 0 saturated carbocycles. The molecule has 0 spiro atoms. The highest BCUT2D eigenvalue weighted by molar-refractivity contribution is 9.10. The molecule has 1 aromatic carbocycles. The van der Waals surface area contributed by atoms with Gasteiger partial charge in [-0.2, -0.15) is 0 Å². The Bertz CT molecular complexity index is 345. The molecule has 82 valence electrons. The average Bonchev–Trinajstić information content (AvgIpc) is 2.16. The summed E-state index contributed by atoms with van der Waals surface area (Å²) in [4.78, 5) is 0. The second kappa shape index (κ2) is 5.60. The molecule has 0 bridgehead atoms. The lowest BCUT2D eigenvalue weighted by molar-refractivity contribution is 0.317. The van der Waals surface area contributed by atoms with Crippen molar-refractivity contribution in [3.63, 3.8) is 0 Å². The number of halogens is 1. The highest BCUT2D eigenvalue weighted by Gasteiger charge is 1.97. The molecule has 0 saturated heterocycles. The number of rotatable bonds is 4. The Morgan fingerprint density at radius 3 is 2.87 bits per heavy atom. The molecule has 0 aromatic heterocycles. The van der Waals surface area contributed by atoms with E-state index in [1.54, 1.807) is 0 Å². The van der Waals surface area contributed by atoms with Crippen LogP contribution in [0.3, 0.4) is 0 Å². The van der Waals surface area contributed by atoms with Crippen molar-refractivity contribution < 1.29 is 5.21 Å². The Balaban J connectivity index is 2.51. The fraction of sp³-hybridized carbons (Fsp3) is 0.300. The highest BCUT2D eigenvalue weighted by atomic mass is 79.9. The molecule has 0 aliphatic rings. The summed E-state index contributed by atoms with van der Waals surface area (Å²) in [5.41, 5.74) is 7.55. The molecule has 0 heterocycles. The quantitative estimate of drug-likeness (QED) is 0.341. The van der Waals surface area contributed by atoms with E-state index in [9.17, 15) is 0 Å². The maximum atomic E-state index is 8.35. The van der Waals surface area contributed by atoms with E-state index < -0.39 is 0 Å². The van der Waals surface area contributed by atoms with E-state index in [0.717, 1.165) is 10.2 Å². The third-order valence-electron chi connectivity index (χ3n) is 1.88. The topological polar surface area (TPSA) is 70.6 Å². The van der Waals surface area contributed by atoms with Crippen LogP contribution in [0.2, 0.25) is 0 Å². The van der Waals surface area contributed by atoms with E-state index in [1.807, 2.05) is 25.1 Å². The molecule has 1 aromatic rings. The van der Waals surface area contributed by atoms with E-state index >= 15 is 0 Å². The van der Waals surface area contributed by atoms with Crippen LogP contribution in [0.4, 0.5) is 5.69 Å². The maximum absolute atomic E-state index is 8.35. The van der Waals surface area contributed by atoms with Gasteiger partial charge in [0.15, 0.2) is 0 Å². The molecule has 5 heteroatoms. The van der Waals surface area contributed by atoms with Crippen molar-refractivity contribution in [1.29, 1.82) is 0 Å². The van der Waals surface area contributed by atoms with Gasteiger partial charge < -0.3 is 16.3 Å². The maximum Gasteiger partial charge on any atom is 0.140 e. The normalized spacial score (nSPS) is 11.5. The van der Waals surface area contributed by atoms with Gasteiger partial charge in [-0.15, -0.1) is 0 Å². The molecule has 15 heavy (non-hydrogen) atoms. The zero-order chi connectivity index (χ0) is 11.3. The molecule has 0 aliphatic carbocycles. The zero-order valence-corrected chi connectivity index (χ0v) is 10.1. The van der Waals surface area contributed by atoms with E-state index in [0.29, 0.717) is 13.0 Å². The summed E-state index contributed by atoms with van der Waals surface area (Å²) in [6.45, 7) is 2.67. The molecular formula is C10H14BrN3O. The Morgan fingerprint density at radius 1 is 1.53 bits per heavy atom. The lowest BCUT2D eigenvalue weighted by Crippen LogP contribution is -2.16. The van der Waals surface area contributed by atoms with Gasteiger partial charge in [0, 0.05) is 23.1 Å². The van der Waals surface area contributed by atoms with E-state index in [-0.39, 0.29) is 5.84 Å². The molecular weight excluding hydrogens is 258 g/mol. The van der Waals surface area contributed by atoms with Crippen LogP contribution in [0.15, 0.2) is 27.8 Å². The van der Waals surface area contributed by atoms with Crippen LogP contribution in [0.25, 0.3) is 0 Å². The fourth-order valence-electron chi connectivity index (χ4n) is 1.22. The lowest BCUT2D eigenvalue weighted by atomic mass is 10.2. The third-order valence-corrected chi connectivity index (χ3v) is 2.34. The van der Waals surface area contributed by atoms with Crippen LogP contribution < -0.4 is 11.1 Å². The molecule has 4 N–H and O–H groups in total. The monoisotopic (exact) mass is 271 g/mol. The van der Waals surface area contributed by atoms with Crippen molar-refractivity contribution in [3.05, 3.63) is 28.2 Å². The fourth-order valence-corrected chi connectivity index (χ4v) is 1.83. The van der Waals surface area contributed by atoms with Crippen LogP contribution in [0.1, 0.15) is 12.0 Å². The largest absolute Gasteiger partial charge is 0.409 e. The van der Waals surface area contributed by atoms with Gasteiger partial charge in [0.25, 0.3) is 0 Å². The molecule has 0 atom stereocenters. The summed E-state index contributed by atoms with van der Waals surface area (Å²) in [5, 5.41) is 14.4. The molecule has 0 aliphatic heterocycles. The number of nitrogens with zero attached hydrogens (tertiary/aromatic N) is 1. The first-order valence-corrected chi connectivity index (χ1v) is 5.38. The number of nitrogens with two attached hydrogens (primary N) is 1. The average molecular weight is 272 g/mol. The predicted molar refractivity (Wildman–Crippen MR) is 65.4 cm³/mol. The minimum Gasteiger partial charge on any atom is -0.409 e. The van der Waals surface area contributed by atoms with E-state index in [2.05, 4.69) is 26.4 Å². The number of hydrogen-bond acceptors (Lipinski definition) is 3. The standard InChI is InChI=1S/C10H14BrN3O/c1-7-4-8(11)6-9(5-7)13-3-2-10(12)14-15/h4-6,13,15H,2-3H2,1H3,(H2,12,14). The minimum absolute atomic E-state index is 0.231. The van der Waals surface area contributed by atoms with Crippen molar-refractivity contribution in [3.8, 4) is 0 Å². The van der Waals surface area contributed by atoms with Crippen molar-refractivity contribution in [1.82, 2.24) is 0 Å². The van der Waals surface area contributed by atoms with Crippen LogP contribution in [-0.4, -0.2) is 17.6 Å². The summed E-state index contributed by atoms with van der Waals surface area (Å²) >= 11 is 3.42. The zero-order valence-electron chi connectivity index (χ0n) is 8.50. The first-order valence-electron chi connectivity index (χ1n) is 4.59. The van der Waals surface area contributed by atoms with E-state index in [4.69, 9.17) is 10.9 Å².